The van der Waals surface area contributed by atoms with Crippen LogP contribution in [0.25, 0.3) is 10.4 Å². The molecule has 0 bridgehead atoms. The summed E-state index contributed by atoms with van der Waals surface area (Å²) >= 11 is 0. The Hall–Kier alpha value is -0.890. The fourth-order valence-electron chi connectivity index (χ4n) is 1.82. The Bertz CT molecular complexity index is 297. The Labute approximate surface area is 105 Å². The minimum atomic E-state index is -1.45. The van der Waals surface area contributed by atoms with Crippen LogP contribution in [-0.4, -0.2) is 59.2 Å². The van der Waals surface area contributed by atoms with Crippen LogP contribution in [0.3, 0.4) is 0 Å². The predicted octanol–water partition coefficient (Wildman–Crippen LogP) is -0.0790. The molecule has 8 heteroatoms. The van der Waals surface area contributed by atoms with Gasteiger partial charge in [0.2, 0.25) is 0 Å². The molecule has 1 fully saturated rings. The fraction of sp³-hybridized carbons (Fsp3) is 1.00. The molecule has 0 saturated carbocycles. The number of aliphatic hydroxyl groups excluding tert-OH is 3. The van der Waals surface area contributed by atoms with Crippen LogP contribution < -0.4 is 0 Å². The molecule has 0 amide bonds. The van der Waals surface area contributed by atoms with Crippen molar-refractivity contribution in [2.45, 2.75) is 50.4 Å². The van der Waals surface area contributed by atoms with Crippen molar-refractivity contribution in [3.8, 4) is 0 Å². The van der Waals surface area contributed by atoms with E-state index >= 15 is 0 Å². The summed E-state index contributed by atoms with van der Waals surface area (Å²) in [5.41, 5.74) is 8.37. The standard InChI is InChI=1S/C10H19N3O5/c1-2-3-4-17-9-6(5-14)18-10(16)7(8(9)15)12-13-11/h6-10,14-16H,2-5H2,1H3/t6?,7?,8?,9-,10+/m0/s1. The molecule has 1 heterocycles. The molecule has 1 rings (SSSR count). The molecular weight excluding hydrogens is 242 g/mol. The number of hydrogen-bond donors (Lipinski definition) is 3. The van der Waals surface area contributed by atoms with E-state index in [2.05, 4.69) is 10.0 Å². The van der Waals surface area contributed by atoms with Crippen LogP contribution in [0, 0.1) is 0 Å². The molecule has 0 radical (unpaired) electrons. The summed E-state index contributed by atoms with van der Waals surface area (Å²) in [4.78, 5) is 2.55. The molecule has 0 spiro atoms. The van der Waals surface area contributed by atoms with Crippen LogP contribution in [0.5, 0.6) is 0 Å². The second-order valence-electron chi connectivity index (χ2n) is 4.12. The molecule has 0 aliphatic carbocycles. The minimum absolute atomic E-state index is 0.395. The topological polar surface area (TPSA) is 128 Å². The van der Waals surface area contributed by atoms with Gasteiger partial charge < -0.3 is 24.8 Å². The fourth-order valence-corrected chi connectivity index (χ4v) is 1.82. The smallest absolute Gasteiger partial charge is 0.166 e. The summed E-state index contributed by atoms with van der Waals surface area (Å²) < 4.78 is 10.5. The van der Waals surface area contributed by atoms with Crippen molar-refractivity contribution in [1.29, 1.82) is 0 Å². The molecule has 8 nitrogen and oxygen atoms in total. The van der Waals surface area contributed by atoms with E-state index in [0.29, 0.717) is 6.61 Å². The zero-order chi connectivity index (χ0) is 13.5. The predicted molar refractivity (Wildman–Crippen MR) is 61.6 cm³/mol. The molecule has 3 unspecified atom stereocenters. The third-order valence-electron chi connectivity index (χ3n) is 2.83. The van der Waals surface area contributed by atoms with Gasteiger partial charge in [-0.25, -0.2) is 0 Å². The Morgan fingerprint density at radius 1 is 1.44 bits per heavy atom. The Morgan fingerprint density at radius 3 is 2.72 bits per heavy atom. The van der Waals surface area contributed by atoms with Gasteiger partial charge in [0.25, 0.3) is 0 Å². The molecule has 1 aliphatic heterocycles. The first-order chi connectivity index (χ1) is 8.65. The van der Waals surface area contributed by atoms with Crippen LogP contribution in [0.4, 0.5) is 0 Å². The lowest BCUT2D eigenvalue weighted by Crippen LogP contribution is -2.58. The van der Waals surface area contributed by atoms with E-state index in [1.807, 2.05) is 6.92 Å². The first-order valence-corrected chi connectivity index (χ1v) is 5.94. The second kappa shape index (κ2) is 7.52. The first kappa shape index (κ1) is 15.2. The number of aliphatic hydroxyl groups is 3. The molecule has 0 aromatic carbocycles. The Morgan fingerprint density at radius 2 is 2.17 bits per heavy atom. The van der Waals surface area contributed by atoms with Crippen molar-refractivity contribution in [1.82, 2.24) is 0 Å². The highest BCUT2D eigenvalue weighted by Gasteiger charge is 2.44. The van der Waals surface area contributed by atoms with E-state index in [4.69, 9.17) is 20.1 Å². The molecule has 1 aliphatic rings. The van der Waals surface area contributed by atoms with Crippen LogP contribution in [0.2, 0.25) is 0 Å². The average Bonchev–Trinajstić information content (AvgIpc) is 2.36. The number of rotatable bonds is 6. The van der Waals surface area contributed by atoms with E-state index in [9.17, 15) is 10.2 Å². The van der Waals surface area contributed by atoms with Crippen LogP contribution >= 0.6 is 0 Å². The van der Waals surface area contributed by atoms with Crippen LogP contribution in [0.1, 0.15) is 19.8 Å². The number of ether oxygens (including phenoxy) is 2. The monoisotopic (exact) mass is 261 g/mol. The van der Waals surface area contributed by atoms with E-state index in [1.165, 1.54) is 0 Å². The SMILES string of the molecule is CCCCO[C@H]1C(CO)O[C@@H](O)C(N=[N+]=[N-])C1O. The van der Waals surface area contributed by atoms with Gasteiger partial charge in [-0.05, 0) is 12.0 Å². The largest absolute Gasteiger partial charge is 0.394 e. The summed E-state index contributed by atoms with van der Waals surface area (Å²) in [7, 11) is 0. The summed E-state index contributed by atoms with van der Waals surface area (Å²) in [6.45, 7) is 2.00. The first-order valence-electron chi connectivity index (χ1n) is 5.94. The normalized spacial score (nSPS) is 36.1. The number of azide groups is 1. The highest BCUT2D eigenvalue weighted by atomic mass is 16.6. The lowest BCUT2D eigenvalue weighted by Gasteiger charge is -2.40. The zero-order valence-electron chi connectivity index (χ0n) is 10.2. The number of hydrogen-bond acceptors (Lipinski definition) is 6. The highest BCUT2D eigenvalue weighted by molar-refractivity contribution is 4.93. The van der Waals surface area contributed by atoms with Gasteiger partial charge in [0.05, 0.1) is 12.7 Å². The van der Waals surface area contributed by atoms with Gasteiger partial charge in [0.15, 0.2) is 6.29 Å². The van der Waals surface area contributed by atoms with Crippen LogP contribution in [0.15, 0.2) is 5.11 Å². The maximum atomic E-state index is 9.99. The van der Waals surface area contributed by atoms with Gasteiger partial charge in [-0.1, -0.05) is 18.5 Å². The minimum Gasteiger partial charge on any atom is -0.394 e. The van der Waals surface area contributed by atoms with E-state index in [0.717, 1.165) is 12.8 Å². The van der Waals surface area contributed by atoms with E-state index in [1.54, 1.807) is 0 Å². The lowest BCUT2D eigenvalue weighted by molar-refractivity contribution is -0.258. The maximum absolute atomic E-state index is 9.99. The van der Waals surface area contributed by atoms with Crippen molar-refractivity contribution >= 4 is 0 Å². The zero-order valence-corrected chi connectivity index (χ0v) is 10.2. The van der Waals surface area contributed by atoms with E-state index < -0.39 is 37.3 Å². The van der Waals surface area contributed by atoms with Gasteiger partial charge >= 0.3 is 0 Å². The maximum Gasteiger partial charge on any atom is 0.166 e. The van der Waals surface area contributed by atoms with Crippen molar-refractivity contribution < 1.29 is 24.8 Å². The molecule has 0 aromatic heterocycles. The van der Waals surface area contributed by atoms with Gasteiger partial charge in [0, 0.05) is 11.5 Å². The third kappa shape index (κ3) is 3.55. The Kier molecular flexibility index (Phi) is 6.34. The van der Waals surface area contributed by atoms with Gasteiger partial charge in [-0.2, -0.15) is 0 Å². The molecule has 18 heavy (non-hydrogen) atoms. The highest BCUT2D eigenvalue weighted by Crippen LogP contribution is 2.24. The van der Waals surface area contributed by atoms with Crippen molar-refractivity contribution in [2.24, 2.45) is 5.11 Å². The summed E-state index contributed by atoms with van der Waals surface area (Å²) in [6, 6.07) is -1.13. The summed E-state index contributed by atoms with van der Waals surface area (Å²) in [5, 5.41) is 32.0. The van der Waals surface area contributed by atoms with Gasteiger partial charge in [-0.3, -0.25) is 0 Å². The molecule has 3 N–H and O–H groups in total. The van der Waals surface area contributed by atoms with Crippen molar-refractivity contribution in [2.75, 3.05) is 13.2 Å². The summed E-state index contributed by atoms with van der Waals surface area (Å²) in [6.07, 6.45) is -2.58. The number of unbranched alkanes of at least 4 members (excludes halogenated alkanes) is 1. The molecule has 1 saturated heterocycles. The average molecular weight is 261 g/mol. The van der Waals surface area contributed by atoms with Crippen molar-refractivity contribution in [3.63, 3.8) is 0 Å². The molecule has 104 valence electrons. The molecular formula is C10H19N3O5. The Balaban J connectivity index is 2.72. The molecule has 5 atom stereocenters. The van der Waals surface area contributed by atoms with Gasteiger partial charge in [0.1, 0.15) is 18.2 Å². The van der Waals surface area contributed by atoms with Gasteiger partial charge in [-0.15, -0.1) is 0 Å². The third-order valence-corrected chi connectivity index (χ3v) is 2.83. The van der Waals surface area contributed by atoms with Crippen molar-refractivity contribution in [3.05, 3.63) is 10.4 Å². The molecule has 0 aromatic rings. The lowest BCUT2D eigenvalue weighted by atomic mass is 9.97. The number of nitrogens with zero attached hydrogens (tertiary/aromatic N) is 3. The quantitative estimate of drug-likeness (QED) is 0.266. The second-order valence-corrected chi connectivity index (χ2v) is 4.12. The van der Waals surface area contributed by atoms with Crippen LogP contribution in [-0.2, 0) is 9.47 Å². The van der Waals surface area contributed by atoms with E-state index in [-0.39, 0.29) is 0 Å². The summed E-state index contributed by atoms with van der Waals surface area (Å²) in [5.74, 6) is 0.